The molecule has 0 fully saturated rings. The predicted octanol–water partition coefficient (Wildman–Crippen LogP) is 2.69. The van der Waals surface area contributed by atoms with E-state index < -0.39 is 4.92 Å². The summed E-state index contributed by atoms with van der Waals surface area (Å²) in [7, 11) is 0. The van der Waals surface area contributed by atoms with Crippen LogP contribution >= 0.6 is 11.9 Å². The maximum Gasteiger partial charge on any atom is 0.270 e. The second kappa shape index (κ2) is 4.61. The molecule has 0 aliphatic heterocycles. The fourth-order valence-corrected chi connectivity index (χ4v) is 1.31. The quantitative estimate of drug-likeness (QED) is 0.323. The van der Waals surface area contributed by atoms with Gasteiger partial charge in [0.2, 0.25) is 0 Å². The first-order chi connectivity index (χ1) is 6.24. The highest BCUT2D eigenvalue weighted by Gasteiger charge is 2.04. The molecule has 0 aliphatic rings. The maximum absolute atomic E-state index is 10.4. The lowest BCUT2D eigenvalue weighted by Crippen LogP contribution is -1.86. The second-order valence-corrected chi connectivity index (χ2v) is 3.07. The van der Waals surface area contributed by atoms with Crippen LogP contribution in [0.1, 0.15) is 6.92 Å². The topological polar surface area (TPSA) is 55.5 Å². The molecule has 68 valence electrons. The molecule has 0 unspecified atom stereocenters. The monoisotopic (exact) mass is 196 g/mol. The van der Waals surface area contributed by atoms with E-state index in [9.17, 15) is 10.1 Å². The standard InChI is InChI=1S/C8H8N2O2S/c1-2-9-13-8-5-3-4-7(6-8)10(11)12/h2-6H,1H3/b9-2+. The van der Waals surface area contributed by atoms with Crippen LogP contribution in [-0.2, 0) is 0 Å². The Hall–Kier alpha value is -1.36. The largest absolute Gasteiger partial charge is 0.270 e. The van der Waals surface area contributed by atoms with E-state index in [1.54, 1.807) is 25.3 Å². The Balaban J connectivity index is 2.85. The highest BCUT2D eigenvalue weighted by Crippen LogP contribution is 2.22. The van der Waals surface area contributed by atoms with Gasteiger partial charge in [-0.05, 0) is 13.0 Å². The van der Waals surface area contributed by atoms with Crippen LogP contribution in [0, 0.1) is 10.1 Å². The summed E-state index contributed by atoms with van der Waals surface area (Å²) in [4.78, 5) is 10.7. The molecule has 0 saturated heterocycles. The Labute approximate surface area is 80.0 Å². The summed E-state index contributed by atoms with van der Waals surface area (Å²) in [5, 5.41) is 10.4. The van der Waals surface area contributed by atoms with Gasteiger partial charge in [-0.25, -0.2) is 4.40 Å². The molecule has 0 spiro atoms. The Morgan fingerprint density at radius 3 is 3.00 bits per heavy atom. The lowest BCUT2D eigenvalue weighted by molar-refractivity contribution is -0.385. The summed E-state index contributed by atoms with van der Waals surface area (Å²) in [6, 6.07) is 6.38. The van der Waals surface area contributed by atoms with E-state index in [2.05, 4.69) is 4.40 Å². The lowest BCUT2D eigenvalue weighted by atomic mass is 10.3. The van der Waals surface area contributed by atoms with Gasteiger partial charge in [-0.1, -0.05) is 6.07 Å². The highest BCUT2D eigenvalue weighted by atomic mass is 32.2. The first-order valence-electron chi connectivity index (χ1n) is 3.63. The molecule has 1 rings (SSSR count). The first kappa shape index (κ1) is 9.73. The zero-order chi connectivity index (χ0) is 9.68. The van der Waals surface area contributed by atoms with E-state index in [1.807, 2.05) is 0 Å². The van der Waals surface area contributed by atoms with E-state index in [1.165, 1.54) is 24.1 Å². The average molecular weight is 196 g/mol. The normalized spacial score (nSPS) is 10.5. The molecule has 0 radical (unpaired) electrons. The van der Waals surface area contributed by atoms with E-state index in [4.69, 9.17) is 0 Å². The smallest absolute Gasteiger partial charge is 0.258 e. The van der Waals surface area contributed by atoms with E-state index in [0.29, 0.717) is 0 Å². The molecule has 1 aromatic carbocycles. The van der Waals surface area contributed by atoms with Gasteiger partial charge in [-0.15, -0.1) is 0 Å². The molecule has 0 amide bonds. The lowest BCUT2D eigenvalue weighted by Gasteiger charge is -1.94. The van der Waals surface area contributed by atoms with E-state index in [0.717, 1.165) is 4.90 Å². The van der Waals surface area contributed by atoms with Gasteiger partial charge in [0.05, 0.1) is 4.92 Å². The van der Waals surface area contributed by atoms with Gasteiger partial charge in [0.25, 0.3) is 5.69 Å². The van der Waals surface area contributed by atoms with Crippen LogP contribution in [0.5, 0.6) is 0 Å². The van der Waals surface area contributed by atoms with Crippen LogP contribution < -0.4 is 0 Å². The Bertz CT molecular complexity index is 339. The van der Waals surface area contributed by atoms with Crippen molar-refractivity contribution in [2.24, 2.45) is 4.40 Å². The van der Waals surface area contributed by atoms with Crippen molar-refractivity contribution in [2.45, 2.75) is 11.8 Å². The third-order valence-corrected chi connectivity index (χ3v) is 2.07. The molecule has 0 heterocycles. The molecular formula is C8H8N2O2S. The second-order valence-electron chi connectivity index (χ2n) is 2.21. The Morgan fingerprint density at radius 1 is 1.62 bits per heavy atom. The minimum Gasteiger partial charge on any atom is -0.258 e. The van der Waals surface area contributed by atoms with Gasteiger partial charge in [-0.3, -0.25) is 10.1 Å². The van der Waals surface area contributed by atoms with Crippen LogP contribution in [-0.4, -0.2) is 11.1 Å². The van der Waals surface area contributed by atoms with Crippen LogP contribution in [0.15, 0.2) is 33.6 Å². The summed E-state index contributed by atoms with van der Waals surface area (Å²) >= 11 is 1.22. The van der Waals surface area contributed by atoms with Gasteiger partial charge in [0.15, 0.2) is 0 Å². The van der Waals surface area contributed by atoms with Crippen LogP contribution in [0.4, 0.5) is 5.69 Å². The SMILES string of the molecule is C/C=N/Sc1cccc([N+](=O)[O-])c1. The number of hydrogen-bond acceptors (Lipinski definition) is 4. The average Bonchev–Trinajstić information content (AvgIpc) is 2.15. The minimum absolute atomic E-state index is 0.0938. The molecule has 4 nitrogen and oxygen atoms in total. The van der Waals surface area contributed by atoms with Crippen molar-refractivity contribution >= 4 is 23.8 Å². The van der Waals surface area contributed by atoms with Crippen molar-refractivity contribution < 1.29 is 4.92 Å². The van der Waals surface area contributed by atoms with Crippen LogP contribution in [0.2, 0.25) is 0 Å². The zero-order valence-corrected chi connectivity index (χ0v) is 7.82. The molecule has 5 heteroatoms. The van der Waals surface area contributed by atoms with Gasteiger partial charge in [-0.2, -0.15) is 0 Å². The number of benzene rings is 1. The molecule has 0 saturated carbocycles. The van der Waals surface area contributed by atoms with Crippen molar-refractivity contribution in [3.8, 4) is 0 Å². The maximum atomic E-state index is 10.4. The number of rotatable bonds is 3. The van der Waals surface area contributed by atoms with Gasteiger partial charge >= 0.3 is 0 Å². The molecule has 13 heavy (non-hydrogen) atoms. The van der Waals surface area contributed by atoms with Crippen LogP contribution in [0.25, 0.3) is 0 Å². The van der Waals surface area contributed by atoms with Crippen molar-refractivity contribution in [2.75, 3.05) is 0 Å². The summed E-state index contributed by atoms with van der Waals surface area (Å²) in [6.45, 7) is 1.80. The summed E-state index contributed by atoms with van der Waals surface area (Å²) in [5.41, 5.74) is 0.0938. The third kappa shape index (κ3) is 2.87. The van der Waals surface area contributed by atoms with E-state index in [-0.39, 0.29) is 5.69 Å². The molecule has 0 bridgehead atoms. The predicted molar refractivity (Wildman–Crippen MR) is 53.1 cm³/mol. The number of hydrogen-bond donors (Lipinski definition) is 0. The summed E-state index contributed by atoms with van der Waals surface area (Å²) < 4.78 is 3.91. The van der Waals surface area contributed by atoms with Gasteiger partial charge in [0.1, 0.15) is 0 Å². The first-order valence-corrected chi connectivity index (χ1v) is 4.41. The van der Waals surface area contributed by atoms with Gasteiger partial charge < -0.3 is 0 Å². The number of nitrogens with zero attached hydrogens (tertiary/aromatic N) is 2. The molecule has 0 aromatic heterocycles. The molecule has 0 N–H and O–H groups in total. The molecular weight excluding hydrogens is 188 g/mol. The highest BCUT2D eigenvalue weighted by molar-refractivity contribution is 7.98. The fourth-order valence-electron chi connectivity index (χ4n) is 0.767. The number of non-ortho nitro benzene ring substituents is 1. The fraction of sp³-hybridized carbons (Fsp3) is 0.125. The summed E-state index contributed by atoms with van der Waals surface area (Å²) in [6.07, 6.45) is 1.64. The Kier molecular flexibility index (Phi) is 3.45. The van der Waals surface area contributed by atoms with E-state index >= 15 is 0 Å². The minimum atomic E-state index is -0.417. The van der Waals surface area contributed by atoms with Crippen molar-refractivity contribution in [1.82, 2.24) is 0 Å². The van der Waals surface area contributed by atoms with Crippen molar-refractivity contribution in [1.29, 1.82) is 0 Å². The number of nitro benzene ring substituents is 1. The van der Waals surface area contributed by atoms with Crippen molar-refractivity contribution in [3.05, 3.63) is 34.4 Å². The molecule has 0 aliphatic carbocycles. The van der Waals surface area contributed by atoms with Crippen molar-refractivity contribution in [3.63, 3.8) is 0 Å². The third-order valence-electron chi connectivity index (χ3n) is 1.29. The number of nitro groups is 1. The Morgan fingerprint density at radius 2 is 2.38 bits per heavy atom. The molecule has 0 atom stereocenters. The van der Waals surface area contributed by atoms with Crippen LogP contribution in [0.3, 0.4) is 0 Å². The van der Waals surface area contributed by atoms with Gasteiger partial charge in [0, 0.05) is 35.2 Å². The summed E-state index contributed by atoms with van der Waals surface area (Å²) in [5.74, 6) is 0. The molecule has 1 aromatic rings. The zero-order valence-electron chi connectivity index (χ0n) is 7.01.